The van der Waals surface area contributed by atoms with E-state index in [9.17, 15) is 4.79 Å². The topological polar surface area (TPSA) is 99.8 Å². The molecule has 3 rings (SSSR count). The van der Waals surface area contributed by atoms with Crippen LogP contribution in [0, 0.1) is 6.92 Å². The zero-order valence-corrected chi connectivity index (χ0v) is 13.6. The summed E-state index contributed by atoms with van der Waals surface area (Å²) in [7, 11) is 3.52. The number of benzene rings is 1. The van der Waals surface area contributed by atoms with Crippen LogP contribution >= 0.6 is 0 Å². The second-order valence-electron chi connectivity index (χ2n) is 5.28. The highest BCUT2D eigenvalue weighted by Crippen LogP contribution is 2.15. The molecule has 0 saturated heterocycles. The largest absolute Gasteiger partial charge is 0.486 e. The van der Waals surface area contributed by atoms with Crippen LogP contribution in [0.5, 0.6) is 5.75 Å². The van der Waals surface area contributed by atoms with Gasteiger partial charge in [-0.15, -0.1) is 5.10 Å². The first-order valence-corrected chi connectivity index (χ1v) is 7.29. The van der Waals surface area contributed by atoms with E-state index in [0.717, 1.165) is 5.69 Å². The molecule has 1 amide bonds. The highest BCUT2D eigenvalue weighted by molar-refractivity contribution is 6.03. The number of nitrogens with zero attached hydrogens (tertiary/aromatic N) is 6. The number of amides is 1. The molecule has 0 spiro atoms. The van der Waals surface area contributed by atoms with E-state index in [1.165, 1.54) is 4.68 Å². The average Bonchev–Trinajstić information content (AvgIpc) is 3.11. The number of anilines is 1. The van der Waals surface area contributed by atoms with Crippen LogP contribution < -0.4 is 10.1 Å². The molecular formula is C15H17N7O2. The molecule has 2 heterocycles. The first-order chi connectivity index (χ1) is 11.5. The smallest absolute Gasteiger partial charge is 0.256 e. The lowest BCUT2D eigenvalue weighted by Crippen LogP contribution is -2.14. The summed E-state index contributed by atoms with van der Waals surface area (Å²) in [4.78, 5) is 12.3. The second-order valence-corrected chi connectivity index (χ2v) is 5.28. The maximum absolute atomic E-state index is 12.3. The highest BCUT2D eigenvalue weighted by atomic mass is 16.5. The van der Waals surface area contributed by atoms with Gasteiger partial charge in [-0.3, -0.25) is 9.48 Å². The molecule has 24 heavy (non-hydrogen) atoms. The summed E-state index contributed by atoms with van der Waals surface area (Å²) in [6, 6.07) is 8.66. The average molecular weight is 327 g/mol. The van der Waals surface area contributed by atoms with Crippen molar-refractivity contribution >= 4 is 11.7 Å². The molecule has 3 aromatic rings. The number of ether oxygens (including phenoxy) is 1. The Hall–Kier alpha value is -3.23. The molecule has 1 N–H and O–H groups in total. The number of aryl methyl sites for hydroxylation is 3. The Morgan fingerprint density at radius 1 is 1.21 bits per heavy atom. The molecule has 0 unspecified atom stereocenters. The van der Waals surface area contributed by atoms with E-state index >= 15 is 0 Å². The van der Waals surface area contributed by atoms with E-state index in [4.69, 9.17) is 4.74 Å². The molecule has 0 bridgehead atoms. The van der Waals surface area contributed by atoms with Crippen LogP contribution in [0.4, 0.5) is 5.82 Å². The van der Waals surface area contributed by atoms with Crippen molar-refractivity contribution in [1.82, 2.24) is 30.0 Å². The van der Waals surface area contributed by atoms with E-state index < -0.39 is 0 Å². The molecule has 0 saturated carbocycles. The van der Waals surface area contributed by atoms with Crippen molar-refractivity contribution in [3.63, 3.8) is 0 Å². The fourth-order valence-electron chi connectivity index (χ4n) is 2.14. The zero-order valence-electron chi connectivity index (χ0n) is 13.6. The third kappa shape index (κ3) is 3.40. The van der Waals surface area contributed by atoms with Crippen molar-refractivity contribution in [3.8, 4) is 5.75 Å². The first kappa shape index (κ1) is 15.7. The summed E-state index contributed by atoms with van der Waals surface area (Å²) in [5, 5.41) is 18.1. The van der Waals surface area contributed by atoms with Crippen molar-refractivity contribution < 1.29 is 9.53 Å². The molecular weight excluding hydrogens is 310 g/mol. The lowest BCUT2D eigenvalue weighted by molar-refractivity contribution is 0.102. The van der Waals surface area contributed by atoms with Gasteiger partial charge in [-0.1, -0.05) is 0 Å². The minimum Gasteiger partial charge on any atom is -0.486 e. The maximum atomic E-state index is 12.3. The summed E-state index contributed by atoms with van der Waals surface area (Å²) >= 11 is 0. The number of carbonyl (C=O) groups excluding carboxylic acids is 1. The minimum atomic E-state index is -0.206. The standard InChI is InChI=1S/C15H17N7O2/c1-10-8-13(21(2)18-10)16-15(23)11-4-6-12(7-5-11)24-9-14-17-19-20-22(14)3/h4-8H,9H2,1-3H3,(H,16,23). The molecule has 9 heteroatoms. The fourth-order valence-corrected chi connectivity index (χ4v) is 2.14. The van der Waals surface area contributed by atoms with Gasteiger partial charge in [0, 0.05) is 25.7 Å². The van der Waals surface area contributed by atoms with E-state index in [1.54, 1.807) is 43.0 Å². The monoisotopic (exact) mass is 327 g/mol. The highest BCUT2D eigenvalue weighted by Gasteiger charge is 2.10. The van der Waals surface area contributed by atoms with Crippen LogP contribution in [-0.2, 0) is 20.7 Å². The Bertz CT molecular complexity index is 851. The Labute approximate surface area is 138 Å². The number of rotatable bonds is 5. The van der Waals surface area contributed by atoms with Crippen LogP contribution in [-0.4, -0.2) is 35.9 Å². The third-order valence-corrected chi connectivity index (χ3v) is 3.44. The Kier molecular flexibility index (Phi) is 4.23. The number of aromatic nitrogens is 6. The van der Waals surface area contributed by atoms with Gasteiger partial charge < -0.3 is 10.1 Å². The van der Waals surface area contributed by atoms with Gasteiger partial charge >= 0.3 is 0 Å². The molecule has 124 valence electrons. The molecule has 9 nitrogen and oxygen atoms in total. The lowest BCUT2D eigenvalue weighted by Gasteiger charge is -2.07. The minimum absolute atomic E-state index is 0.206. The quantitative estimate of drug-likeness (QED) is 0.753. The van der Waals surface area contributed by atoms with Crippen molar-refractivity contribution in [2.24, 2.45) is 14.1 Å². The van der Waals surface area contributed by atoms with Crippen LogP contribution in [0.25, 0.3) is 0 Å². The lowest BCUT2D eigenvalue weighted by atomic mass is 10.2. The van der Waals surface area contributed by atoms with Crippen LogP contribution in [0.3, 0.4) is 0 Å². The molecule has 2 aromatic heterocycles. The Morgan fingerprint density at radius 3 is 2.54 bits per heavy atom. The normalized spacial score (nSPS) is 10.6. The number of hydrogen-bond acceptors (Lipinski definition) is 6. The zero-order chi connectivity index (χ0) is 17.1. The molecule has 0 radical (unpaired) electrons. The summed E-state index contributed by atoms with van der Waals surface area (Å²) in [6.07, 6.45) is 0. The SMILES string of the molecule is Cc1cc(NC(=O)c2ccc(OCc3nnnn3C)cc2)n(C)n1. The van der Waals surface area contributed by atoms with Gasteiger partial charge in [0.05, 0.1) is 5.69 Å². The van der Waals surface area contributed by atoms with E-state index in [-0.39, 0.29) is 12.5 Å². The number of hydrogen-bond donors (Lipinski definition) is 1. The van der Waals surface area contributed by atoms with Gasteiger partial charge in [-0.2, -0.15) is 5.10 Å². The first-order valence-electron chi connectivity index (χ1n) is 7.29. The molecule has 0 aliphatic rings. The van der Waals surface area contributed by atoms with Crippen molar-refractivity contribution in [2.75, 3.05) is 5.32 Å². The van der Waals surface area contributed by atoms with Crippen molar-refractivity contribution in [2.45, 2.75) is 13.5 Å². The summed E-state index contributed by atoms with van der Waals surface area (Å²) in [5.41, 5.74) is 1.37. The van der Waals surface area contributed by atoms with Crippen LogP contribution in [0.15, 0.2) is 30.3 Å². The molecule has 0 aliphatic carbocycles. The second kappa shape index (κ2) is 6.49. The molecule has 0 aliphatic heterocycles. The number of carbonyl (C=O) groups is 1. The molecule has 1 aromatic carbocycles. The summed E-state index contributed by atoms with van der Waals surface area (Å²) in [5.74, 6) is 1.68. The van der Waals surface area contributed by atoms with Crippen molar-refractivity contribution in [1.29, 1.82) is 0 Å². The van der Waals surface area contributed by atoms with Crippen LogP contribution in [0.2, 0.25) is 0 Å². The predicted octanol–water partition coefficient (Wildman–Crippen LogP) is 1.08. The van der Waals surface area contributed by atoms with Gasteiger partial charge in [0.25, 0.3) is 5.91 Å². The van der Waals surface area contributed by atoms with Gasteiger partial charge in [0.15, 0.2) is 5.82 Å². The summed E-state index contributed by atoms with van der Waals surface area (Å²) < 4.78 is 8.76. The summed E-state index contributed by atoms with van der Waals surface area (Å²) in [6.45, 7) is 2.12. The maximum Gasteiger partial charge on any atom is 0.256 e. The Balaban J connectivity index is 1.62. The molecule has 0 atom stereocenters. The van der Waals surface area contributed by atoms with Gasteiger partial charge in [-0.25, -0.2) is 4.68 Å². The van der Waals surface area contributed by atoms with Crippen LogP contribution in [0.1, 0.15) is 21.9 Å². The Morgan fingerprint density at radius 2 is 1.96 bits per heavy atom. The number of tetrazole rings is 1. The third-order valence-electron chi connectivity index (χ3n) is 3.44. The van der Waals surface area contributed by atoms with Crippen molar-refractivity contribution in [3.05, 3.63) is 47.4 Å². The number of nitrogens with one attached hydrogen (secondary N) is 1. The fraction of sp³-hybridized carbons (Fsp3) is 0.267. The van der Waals surface area contributed by atoms with E-state index in [2.05, 4.69) is 25.9 Å². The van der Waals surface area contributed by atoms with Gasteiger partial charge in [0.2, 0.25) is 0 Å². The van der Waals surface area contributed by atoms with E-state index in [0.29, 0.717) is 23.0 Å². The predicted molar refractivity (Wildman–Crippen MR) is 85.5 cm³/mol. The van der Waals surface area contributed by atoms with Gasteiger partial charge in [-0.05, 0) is 41.6 Å². The molecule has 0 fully saturated rings. The van der Waals surface area contributed by atoms with E-state index in [1.807, 2.05) is 13.0 Å². The van der Waals surface area contributed by atoms with Gasteiger partial charge in [0.1, 0.15) is 18.2 Å².